The molecule has 1 aliphatic carbocycles. The Kier molecular flexibility index (Phi) is 5.54. The Morgan fingerprint density at radius 1 is 0.857 bits per heavy atom. The lowest BCUT2D eigenvalue weighted by Crippen LogP contribution is -2.44. The molecule has 0 aliphatic heterocycles. The molecule has 1 saturated carbocycles. The number of rotatable bonds is 4. The van der Waals surface area contributed by atoms with Crippen molar-refractivity contribution in [2.24, 2.45) is 10.2 Å². The SMILES string of the molecule is CN(/N=C1/CCCC(=O)/C1=N\N(C)[Si](C)(C)C)[Si](C)(C)C. The fourth-order valence-electron chi connectivity index (χ4n) is 1.66. The lowest BCUT2D eigenvalue weighted by Gasteiger charge is -2.31. The molecule has 0 amide bonds. The molecule has 0 atom stereocenters. The van der Waals surface area contributed by atoms with Gasteiger partial charge < -0.3 is 9.35 Å². The molecule has 0 bridgehead atoms. The van der Waals surface area contributed by atoms with Gasteiger partial charge >= 0.3 is 0 Å². The van der Waals surface area contributed by atoms with Crippen molar-refractivity contribution in [1.29, 1.82) is 0 Å². The van der Waals surface area contributed by atoms with Crippen LogP contribution in [0.15, 0.2) is 10.2 Å². The molecule has 1 rings (SSSR count). The van der Waals surface area contributed by atoms with E-state index >= 15 is 0 Å². The standard InChI is InChI=1S/C14H30N4OSi2/c1-17(20(3,4)5)15-12-10-9-11-13(19)14(12)16-18(2)21(6,7)8/h9-11H2,1-8H3/b15-12-,16-14-. The van der Waals surface area contributed by atoms with Crippen LogP contribution in [-0.2, 0) is 4.79 Å². The molecule has 0 radical (unpaired) electrons. The van der Waals surface area contributed by atoms with Crippen LogP contribution in [0.5, 0.6) is 0 Å². The lowest BCUT2D eigenvalue weighted by atomic mass is 9.95. The summed E-state index contributed by atoms with van der Waals surface area (Å²) in [6.45, 7) is 13.4. The van der Waals surface area contributed by atoms with Crippen LogP contribution < -0.4 is 0 Å². The predicted molar refractivity (Wildman–Crippen MR) is 95.9 cm³/mol. The molecule has 21 heavy (non-hydrogen) atoms. The quantitative estimate of drug-likeness (QED) is 0.589. The fourth-order valence-corrected chi connectivity index (χ4v) is 2.48. The van der Waals surface area contributed by atoms with E-state index in [-0.39, 0.29) is 5.78 Å². The molecule has 120 valence electrons. The molecule has 0 aromatic heterocycles. The number of nitrogens with zero attached hydrogens (tertiary/aromatic N) is 4. The Balaban J connectivity index is 3.14. The number of Topliss-reactive ketones (excluding diaryl/α,β-unsaturated/α-hetero) is 1. The summed E-state index contributed by atoms with van der Waals surface area (Å²) in [5, 5.41) is 9.35. The second-order valence-electron chi connectivity index (χ2n) is 7.66. The summed E-state index contributed by atoms with van der Waals surface area (Å²) in [5.41, 5.74) is 1.44. The number of ketones is 1. The molecule has 0 saturated heterocycles. The van der Waals surface area contributed by atoms with E-state index in [1.54, 1.807) is 0 Å². The number of carbonyl (C=O) groups is 1. The van der Waals surface area contributed by atoms with Crippen LogP contribution in [0.3, 0.4) is 0 Å². The molecule has 0 unspecified atom stereocenters. The molecular formula is C14H30N4OSi2. The van der Waals surface area contributed by atoms with Crippen molar-refractivity contribution in [2.75, 3.05) is 14.1 Å². The highest BCUT2D eigenvalue weighted by molar-refractivity contribution is 6.75. The Labute approximate surface area is 131 Å². The number of hydrogen-bond donors (Lipinski definition) is 0. The third-order valence-corrected chi connectivity index (χ3v) is 7.90. The third kappa shape index (κ3) is 5.07. The number of hydrogen-bond acceptors (Lipinski definition) is 5. The molecule has 0 heterocycles. The molecule has 0 spiro atoms. The molecule has 0 aromatic carbocycles. The van der Waals surface area contributed by atoms with Crippen LogP contribution in [-0.4, -0.2) is 57.1 Å². The lowest BCUT2D eigenvalue weighted by molar-refractivity contribution is -0.113. The molecule has 7 heteroatoms. The van der Waals surface area contributed by atoms with Gasteiger partial charge in [-0.25, -0.2) is 0 Å². The van der Waals surface area contributed by atoms with Crippen molar-refractivity contribution in [3.63, 3.8) is 0 Å². The van der Waals surface area contributed by atoms with Crippen LogP contribution in [0.25, 0.3) is 0 Å². The van der Waals surface area contributed by atoms with Gasteiger partial charge in [-0.05, 0) is 12.8 Å². The van der Waals surface area contributed by atoms with Crippen LogP contribution >= 0.6 is 0 Å². The highest BCUT2D eigenvalue weighted by atomic mass is 28.3. The van der Waals surface area contributed by atoms with Gasteiger partial charge in [0.05, 0.1) is 5.71 Å². The first-order valence-electron chi connectivity index (χ1n) is 7.60. The van der Waals surface area contributed by atoms with Crippen molar-refractivity contribution in [1.82, 2.24) is 9.35 Å². The average molecular weight is 327 g/mol. The molecular weight excluding hydrogens is 296 g/mol. The highest BCUT2D eigenvalue weighted by Crippen LogP contribution is 2.16. The van der Waals surface area contributed by atoms with Gasteiger partial charge in [0.15, 0.2) is 22.3 Å². The van der Waals surface area contributed by atoms with Gasteiger partial charge in [-0.15, -0.1) is 0 Å². The van der Waals surface area contributed by atoms with Crippen molar-refractivity contribution in [3.8, 4) is 0 Å². The zero-order valence-corrected chi connectivity index (χ0v) is 16.8. The van der Waals surface area contributed by atoms with Crippen LogP contribution in [0.4, 0.5) is 0 Å². The van der Waals surface area contributed by atoms with Gasteiger partial charge in [0.25, 0.3) is 0 Å². The average Bonchev–Trinajstić information content (AvgIpc) is 2.30. The fraction of sp³-hybridized carbons (Fsp3) is 0.786. The van der Waals surface area contributed by atoms with E-state index in [2.05, 4.69) is 49.1 Å². The maximum absolute atomic E-state index is 12.3. The van der Waals surface area contributed by atoms with E-state index in [4.69, 9.17) is 5.10 Å². The first-order chi connectivity index (χ1) is 9.43. The Bertz CT molecular complexity index is 461. The monoisotopic (exact) mass is 326 g/mol. The van der Waals surface area contributed by atoms with Crippen LogP contribution in [0, 0.1) is 0 Å². The zero-order chi connectivity index (χ0) is 16.4. The smallest absolute Gasteiger partial charge is 0.184 e. The maximum atomic E-state index is 12.3. The van der Waals surface area contributed by atoms with Gasteiger partial charge in [-0.3, -0.25) is 4.79 Å². The van der Waals surface area contributed by atoms with E-state index in [1.807, 2.05) is 18.8 Å². The maximum Gasteiger partial charge on any atom is 0.184 e. The Morgan fingerprint density at radius 2 is 1.33 bits per heavy atom. The van der Waals surface area contributed by atoms with Gasteiger partial charge in [-0.1, -0.05) is 39.3 Å². The van der Waals surface area contributed by atoms with E-state index < -0.39 is 16.5 Å². The largest absolute Gasteiger partial charge is 0.327 e. The summed E-state index contributed by atoms with van der Waals surface area (Å²) in [7, 11) is 0.940. The van der Waals surface area contributed by atoms with Gasteiger partial charge in [0.2, 0.25) is 0 Å². The second kappa shape index (κ2) is 6.43. The topological polar surface area (TPSA) is 48.3 Å². The van der Waals surface area contributed by atoms with Gasteiger partial charge in [0, 0.05) is 20.5 Å². The van der Waals surface area contributed by atoms with Gasteiger partial charge in [0.1, 0.15) is 5.71 Å². The van der Waals surface area contributed by atoms with Crippen LogP contribution in [0.2, 0.25) is 39.3 Å². The first kappa shape index (κ1) is 18.1. The van der Waals surface area contributed by atoms with Crippen molar-refractivity contribution in [2.45, 2.75) is 58.5 Å². The summed E-state index contributed by atoms with van der Waals surface area (Å²) < 4.78 is 4.06. The minimum atomic E-state index is -1.55. The van der Waals surface area contributed by atoms with Crippen molar-refractivity contribution in [3.05, 3.63) is 0 Å². The van der Waals surface area contributed by atoms with Gasteiger partial charge in [-0.2, -0.15) is 10.2 Å². The van der Waals surface area contributed by atoms with Crippen molar-refractivity contribution < 1.29 is 4.79 Å². The molecule has 0 aromatic rings. The first-order valence-corrected chi connectivity index (χ1v) is 14.5. The summed E-state index contributed by atoms with van der Waals surface area (Å²) in [6.07, 6.45) is 2.32. The predicted octanol–water partition coefficient (Wildman–Crippen LogP) is 2.98. The molecule has 1 aliphatic rings. The number of hydrazone groups is 2. The minimum absolute atomic E-state index is 0.133. The summed E-state index contributed by atoms with van der Waals surface area (Å²) in [5.74, 6) is 0.133. The summed E-state index contributed by atoms with van der Waals surface area (Å²) in [4.78, 5) is 12.3. The number of carbonyl (C=O) groups excluding carboxylic acids is 1. The van der Waals surface area contributed by atoms with Crippen LogP contribution in [0.1, 0.15) is 19.3 Å². The normalized spacial score (nSPS) is 21.0. The van der Waals surface area contributed by atoms with E-state index in [9.17, 15) is 4.79 Å². The molecule has 5 nitrogen and oxygen atoms in total. The second-order valence-corrected chi connectivity index (χ2v) is 17.6. The van der Waals surface area contributed by atoms with E-state index in [1.165, 1.54) is 0 Å². The minimum Gasteiger partial charge on any atom is -0.327 e. The van der Waals surface area contributed by atoms with Crippen molar-refractivity contribution >= 4 is 33.7 Å². The third-order valence-electron chi connectivity index (χ3n) is 3.82. The van der Waals surface area contributed by atoms with E-state index in [0.29, 0.717) is 12.1 Å². The molecule has 1 fully saturated rings. The highest BCUT2D eigenvalue weighted by Gasteiger charge is 2.28. The zero-order valence-electron chi connectivity index (χ0n) is 14.8. The van der Waals surface area contributed by atoms with E-state index in [0.717, 1.165) is 18.6 Å². The summed E-state index contributed by atoms with van der Waals surface area (Å²) >= 11 is 0. The Morgan fingerprint density at radius 3 is 1.81 bits per heavy atom. The Hall–Kier alpha value is -0.956. The summed E-state index contributed by atoms with van der Waals surface area (Å²) in [6, 6.07) is 0. The molecule has 0 N–H and O–H groups in total.